The van der Waals surface area contributed by atoms with Gasteiger partial charge in [-0.25, -0.2) is 4.98 Å². The van der Waals surface area contributed by atoms with E-state index in [1.54, 1.807) is 0 Å². The van der Waals surface area contributed by atoms with E-state index in [9.17, 15) is 0 Å². The van der Waals surface area contributed by atoms with E-state index in [0.717, 1.165) is 11.5 Å². The SMILES string of the molecule is Cc1ccc(NC(C)c2nccn2C)cc1. The van der Waals surface area contributed by atoms with Gasteiger partial charge in [-0.1, -0.05) is 17.7 Å². The van der Waals surface area contributed by atoms with Gasteiger partial charge in [-0.05, 0) is 26.0 Å². The highest BCUT2D eigenvalue weighted by atomic mass is 15.1. The van der Waals surface area contributed by atoms with Crippen LogP contribution in [0.15, 0.2) is 36.7 Å². The lowest BCUT2D eigenvalue weighted by atomic mass is 10.2. The number of benzene rings is 1. The van der Waals surface area contributed by atoms with Crippen LogP contribution < -0.4 is 5.32 Å². The molecule has 1 atom stereocenters. The molecule has 1 aromatic carbocycles. The second kappa shape index (κ2) is 4.39. The van der Waals surface area contributed by atoms with Gasteiger partial charge in [-0.2, -0.15) is 0 Å². The molecule has 84 valence electrons. The van der Waals surface area contributed by atoms with Crippen LogP contribution in [0.25, 0.3) is 0 Å². The van der Waals surface area contributed by atoms with Gasteiger partial charge in [-0.15, -0.1) is 0 Å². The molecule has 0 amide bonds. The highest BCUT2D eigenvalue weighted by Gasteiger charge is 2.09. The summed E-state index contributed by atoms with van der Waals surface area (Å²) in [6.45, 7) is 4.20. The van der Waals surface area contributed by atoms with E-state index in [-0.39, 0.29) is 6.04 Å². The zero-order valence-electron chi connectivity index (χ0n) is 9.94. The van der Waals surface area contributed by atoms with E-state index in [4.69, 9.17) is 0 Å². The minimum Gasteiger partial charge on any atom is -0.375 e. The van der Waals surface area contributed by atoms with Crippen LogP contribution in [0.2, 0.25) is 0 Å². The summed E-state index contributed by atoms with van der Waals surface area (Å²) in [7, 11) is 2.01. The summed E-state index contributed by atoms with van der Waals surface area (Å²) in [4.78, 5) is 4.33. The Labute approximate surface area is 96.1 Å². The van der Waals surface area contributed by atoms with E-state index in [2.05, 4.69) is 48.4 Å². The molecule has 0 aliphatic rings. The largest absolute Gasteiger partial charge is 0.375 e. The molecule has 0 aliphatic heterocycles. The average molecular weight is 215 g/mol. The van der Waals surface area contributed by atoms with Crippen molar-refractivity contribution < 1.29 is 0 Å². The van der Waals surface area contributed by atoms with Crippen LogP contribution in [0.4, 0.5) is 5.69 Å². The third-order valence-corrected chi connectivity index (χ3v) is 2.68. The maximum Gasteiger partial charge on any atom is 0.130 e. The highest BCUT2D eigenvalue weighted by molar-refractivity contribution is 5.45. The van der Waals surface area contributed by atoms with E-state index in [0.29, 0.717) is 0 Å². The van der Waals surface area contributed by atoms with Crippen molar-refractivity contribution in [3.63, 3.8) is 0 Å². The summed E-state index contributed by atoms with van der Waals surface area (Å²) in [5.74, 6) is 1.04. The van der Waals surface area contributed by atoms with Gasteiger partial charge < -0.3 is 9.88 Å². The summed E-state index contributed by atoms with van der Waals surface area (Å²) in [6.07, 6.45) is 3.78. The number of aromatic nitrogens is 2. The summed E-state index contributed by atoms with van der Waals surface area (Å²) in [6, 6.07) is 8.60. The highest BCUT2D eigenvalue weighted by Crippen LogP contribution is 2.17. The van der Waals surface area contributed by atoms with E-state index in [1.807, 2.05) is 24.0 Å². The first-order valence-electron chi connectivity index (χ1n) is 5.47. The monoisotopic (exact) mass is 215 g/mol. The number of hydrogen-bond donors (Lipinski definition) is 1. The molecule has 0 fully saturated rings. The second-order valence-electron chi connectivity index (χ2n) is 4.13. The number of anilines is 1. The molecule has 2 rings (SSSR count). The Morgan fingerprint density at radius 1 is 1.25 bits per heavy atom. The number of imidazole rings is 1. The molecule has 1 heterocycles. The molecule has 2 aromatic rings. The van der Waals surface area contributed by atoms with E-state index >= 15 is 0 Å². The molecule has 1 N–H and O–H groups in total. The van der Waals surface area contributed by atoms with Gasteiger partial charge in [0.2, 0.25) is 0 Å². The van der Waals surface area contributed by atoms with E-state index < -0.39 is 0 Å². The number of rotatable bonds is 3. The Morgan fingerprint density at radius 3 is 2.50 bits per heavy atom. The van der Waals surface area contributed by atoms with Gasteiger partial charge in [-0.3, -0.25) is 0 Å². The first-order valence-corrected chi connectivity index (χ1v) is 5.47. The smallest absolute Gasteiger partial charge is 0.130 e. The van der Waals surface area contributed by atoms with Crippen LogP contribution in [-0.4, -0.2) is 9.55 Å². The fourth-order valence-electron chi connectivity index (χ4n) is 1.76. The summed E-state index contributed by atoms with van der Waals surface area (Å²) in [5.41, 5.74) is 2.40. The van der Waals surface area contributed by atoms with Crippen LogP contribution in [0.5, 0.6) is 0 Å². The van der Waals surface area contributed by atoms with Crippen LogP contribution in [0.1, 0.15) is 24.4 Å². The quantitative estimate of drug-likeness (QED) is 0.853. The molecule has 1 unspecified atom stereocenters. The van der Waals surface area contributed by atoms with Crippen molar-refractivity contribution in [3.8, 4) is 0 Å². The second-order valence-corrected chi connectivity index (χ2v) is 4.13. The van der Waals surface area contributed by atoms with Crippen LogP contribution >= 0.6 is 0 Å². The number of aryl methyl sites for hydroxylation is 2. The summed E-state index contributed by atoms with van der Waals surface area (Å²) < 4.78 is 2.03. The molecular formula is C13H17N3. The van der Waals surface area contributed by atoms with Crippen molar-refractivity contribution in [2.24, 2.45) is 7.05 Å². The molecular weight excluding hydrogens is 198 g/mol. The third-order valence-electron chi connectivity index (χ3n) is 2.68. The Balaban J connectivity index is 2.10. The fraction of sp³-hybridized carbons (Fsp3) is 0.308. The van der Waals surface area contributed by atoms with Crippen LogP contribution in [0, 0.1) is 6.92 Å². The van der Waals surface area contributed by atoms with Crippen molar-refractivity contribution in [2.75, 3.05) is 5.32 Å². The minimum atomic E-state index is 0.211. The lowest BCUT2D eigenvalue weighted by Gasteiger charge is -2.15. The standard InChI is InChI=1S/C13H17N3/c1-10-4-6-12(7-5-10)15-11(2)13-14-8-9-16(13)3/h4-9,11,15H,1-3H3. The predicted molar refractivity (Wildman–Crippen MR) is 66.4 cm³/mol. The van der Waals surface area contributed by atoms with Crippen molar-refractivity contribution in [1.82, 2.24) is 9.55 Å². The Bertz CT molecular complexity index is 456. The Kier molecular flexibility index (Phi) is 2.95. The molecule has 0 radical (unpaired) electrons. The molecule has 16 heavy (non-hydrogen) atoms. The van der Waals surface area contributed by atoms with Crippen molar-refractivity contribution in [3.05, 3.63) is 48.0 Å². The van der Waals surface area contributed by atoms with Gasteiger partial charge in [0.05, 0.1) is 6.04 Å². The number of nitrogens with one attached hydrogen (secondary N) is 1. The number of nitrogens with zero attached hydrogens (tertiary/aromatic N) is 2. The predicted octanol–water partition coefficient (Wildman–Crippen LogP) is 2.90. The molecule has 0 saturated heterocycles. The van der Waals surface area contributed by atoms with Gasteiger partial charge in [0.1, 0.15) is 5.82 Å². The van der Waals surface area contributed by atoms with Crippen LogP contribution in [-0.2, 0) is 7.05 Å². The lowest BCUT2D eigenvalue weighted by molar-refractivity contribution is 0.722. The minimum absolute atomic E-state index is 0.211. The normalized spacial score (nSPS) is 12.4. The Morgan fingerprint density at radius 2 is 1.94 bits per heavy atom. The maximum absolute atomic E-state index is 4.33. The fourth-order valence-corrected chi connectivity index (χ4v) is 1.76. The molecule has 0 saturated carbocycles. The molecule has 3 heteroatoms. The topological polar surface area (TPSA) is 29.9 Å². The van der Waals surface area contributed by atoms with E-state index in [1.165, 1.54) is 5.56 Å². The van der Waals surface area contributed by atoms with Gasteiger partial charge in [0.25, 0.3) is 0 Å². The average Bonchev–Trinajstić information content (AvgIpc) is 2.68. The first-order chi connectivity index (χ1) is 7.66. The first kappa shape index (κ1) is 10.7. The Hall–Kier alpha value is -1.77. The summed E-state index contributed by atoms with van der Waals surface area (Å²) in [5, 5.41) is 3.43. The van der Waals surface area contributed by atoms with Crippen molar-refractivity contribution in [1.29, 1.82) is 0 Å². The third kappa shape index (κ3) is 2.24. The lowest BCUT2D eigenvalue weighted by Crippen LogP contribution is -2.11. The van der Waals surface area contributed by atoms with Gasteiger partial charge >= 0.3 is 0 Å². The van der Waals surface area contributed by atoms with Gasteiger partial charge in [0.15, 0.2) is 0 Å². The van der Waals surface area contributed by atoms with Crippen LogP contribution in [0.3, 0.4) is 0 Å². The number of hydrogen-bond acceptors (Lipinski definition) is 2. The van der Waals surface area contributed by atoms with Crippen molar-refractivity contribution >= 4 is 5.69 Å². The molecule has 0 aliphatic carbocycles. The van der Waals surface area contributed by atoms with Gasteiger partial charge in [0, 0.05) is 25.1 Å². The van der Waals surface area contributed by atoms with Crippen molar-refractivity contribution in [2.45, 2.75) is 19.9 Å². The zero-order valence-corrected chi connectivity index (χ0v) is 9.94. The summed E-state index contributed by atoms with van der Waals surface area (Å²) >= 11 is 0. The maximum atomic E-state index is 4.33. The zero-order chi connectivity index (χ0) is 11.5. The molecule has 0 bridgehead atoms. The molecule has 1 aromatic heterocycles. The molecule has 0 spiro atoms. The molecule has 3 nitrogen and oxygen atoms in total.